The van der Waals surface area contributed by atoms with Crippen molar-refractivity contribution in [2.45, 2.75) is 18.8 Å². The van der Waals surface area contributed by atoms with Crippen LogP contribution >= 0.6 is 0 Å². The predicted molar refractivity (Wildman–Crippen MR) is 108 cm³/mol. The number of benzene rings is 2. The Balaban J connectivity index is 1.25. The Morgan fingerprint density at radius 2 is 1.82 bits per heavy atom. The second kappa shape index (κ2) is 6.96. The highest BCUT2D eigenvalue weighted by Crippen LogP contribution is 2.28. The van der Waals surface area contributed by atoms with Crippen molar-refractivity contribution < 1.29 is 4.79 Å². The van der Waals surface area contributed by atoms with Crippen molar-refractivity contribution in [3.05, 3.63) is 78.6 Å². The molecule has 1 saturated heterocycles. The number of nitrogens with one attached hydrogen (secondary N) is 1. The number of amides is 1. The van der Waals surface area contributed by atoms with Gasteiger partial charge >= 0.3 is 0 Å². The number of hydrogen-bond donors (Lipinski definition) is 1. The standard InChI is InChI=1S/C22H21N5O/c28-22(17-5-7-18(8-6-17)27-14-11-23-15-27)26-12-9-16(10-13-26)21-24-19-3-1-2-4-20(19)25-21/h1-8,11,14-16H,9-10,12-13H2,(H,24,25). The first-order chi connectivity index (χ1) is 13.8. The van der Waals surface area contributed by atoms with Crippen molar-refractivity contribution in [3.63, 3.8) is 0 Å². The Morgan fingerprint density at radius 1 is 1.04 bits per heavy atom. The minimum atomic E-state index is 0.0974. The average Bonchev–Trinajstić information content (AvgIpc) is 3.43. The van der Waals surface area contributed by atoms with Crippen molar-refractivity contribution in [2.75, 3.05) is 13.1 Å². The molecule has 0 aliphatic carbocycles. The van der Waals surface area contributed by atoms with Gasteiger partial charge in [0.2, 0.25) is 0 Å². The molecule has 140 valence electrons. The van der Waals surface area contributed by atoms with E-state index in [4.69, 9.17) is 4.98 Å². The number of imidazole rings is 2. The number of aromatic nitrogens is 4. The molecule has 0 saturated carbocycles. The van der Waals surface area contributed by atoms with Gasteiger partial charge in [0.15, 0.2) is 0 Å². The van der Waals surface area contributed by atoms with Crippen molar-refractivity contribution >= 4 is 16.9 Å². The van der Waals surface area contributed by atoms with E-state index in [1.807, 2.05) is 58.1 Å². The number of likely N-dealkylation sites (tertiary alicyclic amines) is 1. The van der Waals surface area contributed by atoms with Gasteiger partial charge in [-0.05, 0) is 49.2 Å². The van der Waals surface area contributed by atoms with Crippen LogP contribution in [0, 0.1) is 0 Å². The topological polar surface area (TPSA) is 66.8 Å². The third-order valence-electron chi connectivity index (χ3n) is 5.49. The van der Waals surface area contributed by atoms with Crippen molar-refractivity contribution in [1.82, 2.24) is 24.4 Å². The summed E-state index contributed by atoms with van der Waals surface area (Å²) in [6.07, 6.45) is 7.24. The third kappa shape index (κ3) is 3.07. The van der Waals surface area contributed by atoms with E-state index in [-0.39, 0.29) is 5.91 Å². The summed E-state index contributed by atoms with van der Waals surface area (Å²) in [4.78, 5) is 27.0. The first-order valence-corrected chi connectivity index (χ1v) is 9.60. The summed E-state index contributed by atoms with van der Waals surface area (Å²) < 4.78 is 1.92. The Morgan fingerprint density at radius 3 is 2.54 bits per heavy atom. The average molecular weight is 371 g/mol. The smallest absolute Gasteiger partial charge is 0.253 e. The van der Waals surface area contributed by atoms with Crippen LogP contribution in [0.4, 0.5) is 0 Å². The highest BCUT2D eigenvalue weighted by molar-refractivity contribution is 5.94. The molecule has 1 aliphatic heterocycles. The van der Waals surface area contributed by atoms with Gasteiger partial charge in [-0.2, -0.15) is 0 Å². The van der Waals surface area contributed by atoms with Crippen LogP contribution in [0.1, 0.15) is 34.9 Å². The monoisotopic (exact) mass is 371 g/mol. The Labute approximate surface area is 162 Å². The van der Waals surface area contributed by atoms with Gasteiger partial charge in [-0.1, -0.05) is 12.1 Å². The van der Waals surface area contributed by atoms with E-state index in [9.17, 15) is 4.79 Å². The van der Waals surface area contributed by atoms with E-state index in [1.165, 1.54) is 0 Å². The summed E-state index contributed by atoms with van der Waals surface area (Å²) >= 11 is 0. The highest BCUT2D eigenvalue weighted by Gasteiger charge is 2.26. The van der Waals surface area contributed by atoms with Crippen LogP contribution < -0.4 is 0 Å². The molecule has 2 aromatic carbocycles. The number of para-hydroxylation sites is 2. The number of aromatic amines is 1. The van der Waals surface area contributed by atoms with Crippen LogP contribution in [-0.4, -0.2) is 43.4 Å². The van der Waals surface area contributed by atoms with Gasteiger partial charge in [0.05, 0.1) is 17.4 Å². The molecular weight excluding hydrogens is 350 g/mol. The lowest BCUT2D eigenvalue weighted by atomic mass is 9.95. The summed E-state index contributed by atoms with van der Waals surface area (Å²) in [6, 6.07) is 15.8. The maximum Gasteiger partial charge on any atom is 0.253 e. The van der Waals surface area contributed by atoms with Gasteiger partial charge < -0.3 is 14.5 Å². The number of rotatable bonds is 3. The largest absolute Gasteiger partial charge is 0.342 e. The summed E-state index contributed by atoms with van der Waals surface area (Å²) in [5.41, 5.74) is 3.81. The van der Waals surface area contributed by atoms with E-state index in [0.717, 1.165) is 54.0 Å². The molecule has 0 spiro atoms. The maximum absolute atomic E-state index is 12.9. The SMILES string of the molecule is O=C(c1ccc(-n2ccnc2)cc1)N1CCC(c2nc3ccccc3[nH]2)CC1. The van der Waals surface area contributed by atoms with Crippen LogP contribution in [0.25, 0.3) is 16.7 Å². The Bertz CT molecular complexity index is 1060. The first kappa shape index (κ1) is 16.7. The lowest BCUT2D eigenvalue weighted by Gasteiger charge is -2.31. The fraction of sp³-hybridized carbons (Fsp3) is 0.227. The van der Waals surface area contributed by atoms with E-state index < -0.39 is 0 Å². The number of carbonyl (C=O) groups excluding carboxylic acids is 1. The number of fused-ring (bicyclic) bond motifs is 1. The van der Waals surface area contributed by atoms with Crippen LogP contribution in [0.5, 0.6) is 0 Å². The second-order valence-corrected chi connectivity index (χ2v) is 7.22. The number of H-pyrrole nitrogens is 1. The quantitative estimate of drug-likeness (QED) is 0.596. The molecule has 0 bridgehead atoms. The molecule has 6 heteroatoms. The zero-order valence-corrected chi connectivity index (χ0v) is 15.5. The van der Waals surface area contributed by atoms with Crippen LogP contribution in [0.2, 0.25) is 0 Å². The van der Waals surface area contributed by atoms with Gasteiger partial charge in [-0.25, -0.2) is 9.97 Å². The van der Waals surface area contributed by atoms with Gasteiger partial charge in [-0.3, -0.25) is 4.79 Å². The molecule has 0 atom stereocenters. The Kier molecular flexibility index (Phi) is 4.16. The summed E-state index contributed by atoms with van der Waals surface area (Å²) in [6.45, 7) is 1.51. The molecule has 6 nitrogen and oxygen atoms in total. The van der Waals surface area contributed by atoms with Crippen LogP contribution in [0.3, 0.4) is 0 Å². The lowest BCUT2D eigenvalue weighted by molar-refractivity contribution is 0.0711. The molecule has 1 amide bonds. The summed E-state index contributed by atoms with van der Waals surface area (Å²) in [5, 5.41) is 0. The molecule has 5 rings (SSSR count). The third-order valence-corrected chi connectivity index (χ3v) is 5.49. The van der Waals surface area contributed by atoms with E-state index in [2.05, 4.69) is 16.0 Å². The maximum atomic E-state index is 12.9. The molecule has 1 aliphatic rings. The van der Waals surface area contributed by atoms with Crippen LogP contribution in [0.15, 0.2) is 67.3 Å². The molecule has 0 radical (unpaired) electrons. The van der Waals surface area contributed by atoms with Crippen molar-refractivity contribution in [3.8, 4) is 5.69 Å². The normalized spacial score (nSPS) is 15.2. The number of piperidine rings is 1. The zero-order valence-electron chi connectivity index (χ0n) is 15.5. The van der Waals surface area contributed by atoms with Crippen molar-refractivity contribution in [2.24, 2.45) is 0 Å². The minimum absolute atomic E-state index is 0.0974. The second-order valence-electron chi connectivity index (χ2n) is 7.22. The van der Waals surface area contributed by atoms with Crippen LogP contribution in [-0.2, 0) is 0 Å². The first-order valence-electron chi connectivity index (χ1n) is 9.60. The minimum Gasteiger partial charge on any atom is -0.342 e. The molecule has 4 aromatic rings. The number of nitrogens with zero attached hydrogens (tertiary/aromatic N) is 4. The van der Waals surface area contributed by atoms with Gasteiger partial charge in [0, 0.05) is 42.7 Å². The van der Waals surface area contributed by atoms with Gasteiger partial charge in [-0.15, -0.1) is 0 Å². The molecule has 28 heavy (non-hydrogen) atoms. The van der Waals surface area contributed by atoms with Gasteiger partial charge in [0.25, 0.3) is 5.91 Å². The zero-order chi connectivity index (χ0) is 18.9. The summed E-state index contributed by atoms with van der Waals surface area (Å²) in [7, 11) is 0. The number of carbonyl (C=O) groups is 1. The summed E-state index contributed by atoms with van der Waals surface area (Å²) in [5.74, 6) is 1.51. The van der Waals surface area contributed by atoms with Crippen molar-refractivity contribution in [1.29, 1.82) is 0 Å². The van der Waals surface area contributed by atoms with Gasteiger partial charge in [0.1, 0.15) is 5.82 Å². The molecule has 0 unspecified atom stereocenters. The fourth-order valence-corrected chi connectivity index (χ4v) is 3.89. The molecule has 2 aromatic heterocycles. The highest BCUT2D eigenvalue weighted by atomic mass is 16.2. The predicted octanol–water partition coefficient (Wildman–Crippen LogP) is 3.77. The number of hydrogen-bond acceptors (Lipinski definition) is 3. The molecular formula is C22H21N5O. The van der Waals surface area contributed by atoms with E-state index in [0.29, 0.717) is 5.92 Å². The van der Waals surface area contributed by atoms with E-state index in [1.54, 1.807) is 12.5 Å². The molecule has 3 heterocycles. The Hall–Kier alpha value is -3.41. The molecule has 1 fully saturated rings. The molecule has 1 N–H and O–H groups in total. The fourth-order valence-electron chi connectivity index (χ4n) is 3.89. The van der Waals surface area contributed by atoms with E-state index >= 15 is 0 Å². The lowest BCUT2D eigenvalue weighted by Crippen LogP contribution is -2.38.